The first-order valence-electron chi connectivity index (χ1n) is 9.00. The molecule has 1 heterocycles. The number of ether oxygens (including phenoxy) is 2. The molecule has 0 spiro atoms. The molecule has 1 aliphatic heterocycles. The molecule has 1 aliphatic carbocycles. The van der Waals surface area contributed by atoms with E-state index >= 15 is 0 Å². The van der Waals surface area contributed by atoms with Crippen molar-refractivity contribution >= 4 is 11.9 Å². The number of aliphatic carboxylic acids is 1. The van der Waals surface area contributed by atoms with E-state index in [0.29, 0.717) is 24.3 Å². The second-order valence-electron chi connectivity index (χ2n) is 7.38. The number of nitrogens with one attached hydrogen (secondary N) is 1. The number of hydrogen-bond acceptors (Lipinski definition) is 5. The van der Waals surface area contributed by atoms with Crippen LogP contribution in [0.4, 0.5) is 0 Å². The number of carbonyl (C=O) groups is 2. The predicted octanol–water partition coefficient (Wildman–Crippen LogP) is 2.31. The van der Waals surface area contributed by atoms with E-state index in [9.17, 15) is 14.7 Å². The van der Waals surface area contributed by atoms with Crippen molar-refractivity contribution in [1.29, 1.82) is 0 Å². The van der Waals surface area contributed by atoms with Crippen molar-refractivity contribution < 1.29 is 24.2 Å². The van der Waals surface area contributed by atoms with Crippen LogP contribution in [0.5, 0.6) is 11.5 Å². The van der Waals surface area contributed by atoms with Gasteiger partial charge in [0.25, 0.3) is 0 Å². The molecule has 1 aromatic rings. The summed E-state index contributed by atoms with van der Waals surface area (Å²) in [6, 6.07) is 4.94. The van der Waals surface area contributed by atoms with Gasteiger partial charge in [0.05, 0.1) is 12.0 Å². The molecule has 1 amide bonds. The Morgan fingerprint density at radius 1 is 1.19 bits per heavy atom. The molecule has 0 saturated heterocycles. The van der Waals surface area contributed by atoms with Gasteiger partial charge in [0.15, 0.2) is 11.5 Å². The van der Waals surface area contributed by atoms with E-state index in [1.54, 1.807) is 6.07 Å². The molecular formula is C19H26N2O5. The number of nitrogens with zero attached hydrogens (tertiary/aromatic N) is 1. The van der Waals surface area contributed by atoms with Crippen LogP contribution in [0.2, 0.25) is 0 Å². The maximum absolute atomic E-state index is 13.1. The van der Waals surface area contributed by atoms with Crippen LogP contribution in [0, 0.1) is 0 Å². The molecule has 26 heavy (non-hydrogen) atoms. The fraction of sp³-hybridized carbons (Fsp3) is 0.579. The molecule has 2 aliphatic rings. The number of amides is 1. The Hall–Kier alpha value is -2.28. The fourth-order valence-corrected chi connectivity index (χ4v) is 3.96. The van der Waals surface area contributed by atoms with E-state index in [1.807, 2.05) is 31.1 Å². The highest BCUT2D eigenvalue weighted by Gasteiger charge is 2.38. The van der Waals surface area contributed by atoms with Crippen LogP contribution in [0.15, 0.2) is 18.2 Å². The second-order valence-corrected chi connectivity index (χ2v) is 7.38. The summed E-state index contributed by atoms with van der Waals surface area (Å²) in [4.78, 5) is 26.3. The molecule has 0 bridgehead atoms. The van der Waals surface area contributed by atoms with Gasteiger partial charge in [-0.15, -0.1) is 0 Å². The number of carboxylic acid groups (broad SMARTS) is 1. The SMILES string of the molecule is CN(C)[C@H](C(=O)NC1(CC(=O)O)CCCCC1)c1ccc2c(c1)OCO2. The number of rotatable bonds is 6. The van der Waals surface area contributed by atoms with Crippen molar-refractivity contribution in [2.45, 2.75) is 50.1 Å². The molecule has 2 N–H and O–H groups in total. The Labute approximate surface area is 153 Å². The van der Waals surface area contributed by atoms with E-state index in [0.717, 1.165) is 24.8 Å². The summed E-state index contributed by atoms with van der Waals surface area (Å²) >= 11 is 0. The standard InChI is InChI=1S/C19H26N2O5/c1-21(2)17(13-6-7-14-15(10-13)26-12-25-14)18(24)20-19(11-16(22)23)8-4-3-5-9-19/h6-7,10,17H,3-5,8-9,11-12H2,1-2H3,(H,20,24)(H,22,23)/t17-/m0/s1. The first-order chi connectivity index (χ1) is 12.4. The third-order valence-electron chi connectivity index (χ3n) is 5.17. The Morgan fingerprint density at radius 3 is 2.54 bits per heavy atom. The highest BCUT2D eigenvalue weighted by molar-refractivity contribution is 5.85. The smallest absolute Gasteiger partial charge is 0.305 e. The van der Waals surface area contributed by atoms with Crippen LogP contribution < -0.4 is 14.8 Å². The molecule has 7 nitrogen and oxygen atoms in total. The van der Waals surface area contributed by atoms with Crippen LogP contribution in [-0.2, 0) is 9.59 Å². The maximum Gasteiger partial charge on any atom is 0.305 e. The van der Waals surface area contributed by atoms with Gasteiger partial charge in [0, 0.05) is 0 Å². The number of likely N-dealkylation sites (N-methyl/N-ethyl adjacent to an activating group) is 1. The zero-order valence-electron chi connectivity index (χ0n) is 15.3. The van der Waals surface area contributed by atoms with Crippen molar-refractivity contribution in [1.82, 2.24) is 10.2 Å². The lowest BCUT2D eigenvalue weighted by Crippen LogP contribution is -2.53. The van der Waals surface area contributed by atoms with Gasteiger partial charge in [-0.25, -0.2) is 0 Å². The fourth-order valence-electron chi connectivity index (χ4n) is 3.96. The summed E-state index contributed by atoms with van der Waals surface area (Å²) in [5.74, 6) is 0.232. The van der Waals surface area contributed by atoms with Gasteiger partial charge >= 0.3 is 5.97 Å². The number of benzene rings is 1. The Bertz CT molecular complexity index is 683. The minimum atomic E-state index is -0.878. The normalized spacial score (nSPS) is 19.2. The average Bonchev–Trinajstić information content (AvgIpc) is 3.02. The van der Waals surface area contributed by atoms with E-state index in [2.05, 4.69) is 5.32 Å². The Morgan fingerprint density at radius 2 is 1.88 bits per heavy atom. The van der Waals surface area contributed by atoms with Gasteiger partial charge in [-0.2, -0.15) is 0 Å². The summed E-state index contributed by atoms with van der Waals surface area (Å²) in [5.41, 5.74) is 0.129. The lowest BCUT2D eigenvalue weighted by molar-refractivity contribution is -0.140. The van der Waals surface area contributed by atoms with Gasteiger partial charge in [-0.3, -0.25) is 14.5 Å². The largest absolute Gasteiger partial charge is 0.481 e. The average molecular weight is 362 g/mol. The highest BCUT2D eigenvalue weighted by Crippen LogP contribution is 2.36. The zero-order valence-corrected chi connectivity index (χ0v) is 15.3. The number of fused-ring (bicyclic) bond motifs is 1. The first-order valence-corrected chi connectivity index (χ1v) is 9.00. The van der Waals surface area contributed by atoms with Gasteiger partial charge in [0.1, 0.15) is 6.04 Å². The highest BCUT2D eigenvalue weighted by atomic mass is 16.7. The number of carbonyl (C=O) groups excluding carboxylic acids is 1. The van der Waals surface area contributed by atoms with Crippen molar-refractivity contribution in [2.75, 3.05) is 20.9 Å². The van der Waals surface area contributed by atoms with Crippen molar-refractivity contribution in [3.05, 3.63) is 23.8 Å². The number of hydrogen-bond donors (Lipinski definition) is 2. The molecule has 3 rings (SSSR count). The van der Waals surface area contributed by atoms with Crippen molar-refractivity contribution in [3.63, 3.8) is 0 Å². The Balaban J connectivity index is 1.83. The van der Waals surface area contributed by atoms with E-state index in [4.69, 9.17) is 9.47 Å². The van der Waals surface area contributed by atoms with Crippen LogP contribution >= 0.6 is 0 Å². The van der Waals surface area contributed by atoms with Gasteiger partial charge in [-0.1, -0.05) is 25.3 Å². The third-order valence-corrected chi connectivity index (χ3v) is 5.17. The summed E-state index contributed by atoms with van der Waals surface area (Å²) in [5, 5.41) is 12.4. The third kappa shape index (κ3) is 3.93. The molecule has 0 aromatic heterocycles. The van der Waals surface area contributed by atoms with Gasteiger partial charge in [-0.05, 0) is 44.6 Å². The molecular weight excluding hydrogens is 336 g/mol. The lowest BCUT2D eigenvalue weighted by Gasteiger charge is -2.39. The summed E-state index contributed by atoms with van der Waals surface area (Å²) in [7, 11) is 3.67. The zero-order chi connectivity index (χ0) is 18.7. The monoisotopic (exact) mass is 362 g/mol. The molecule has 1 atom stereocenters. The van der Waals surface area contributed by atoms with Crippen molar-refractivity contribution in [2.24, 2.45) is 0 Å². The molecule has 1 saturated carbocycles. The van der Waals surface area contributed by atoms with Gasteiger partial charge in [0.2, 0.25) is 12.7 Å². The minimum Gasteiger partial charge on any atom is -0.481 e. The molecule has 7 heteroatoms. The summed E-state index contributed by atoms with van der Waals surface area (Å²) in [6.45, 7) is 0.180. The summed E-state index contributed by atoms with van der Waals surface area (Å²) in [6.07, 6.45) is 4.31. The van der Waals surface area contributed by atoms with Gasteiger partial charge < -0.3 is 19.9 Å². The van der Waals surface area contributed by atoms with E-state index in [-0.39, 0.29) is 19.1 Å². The predicted molar refractivity (Wildman–Crippen MR) is 95.2 cm³/mol. The van der Waals surface area contributed by atoms with Crippen LogP contribution in [0.3, 0.4) is 0 Å². The van der Waals surface area contributed by atoms with Crippen LogP contribution in [0.1, 0.15) is 50.1 Å². The van der Waals surface area contributed by atoms with E-state index in [1.165, 1.54) is 0 Å². The van der Waals surface area contributed by atoms with Crippen LogP contribution in [-0.4, -0.2) is 48.3 Å². The second kappa shape index (κ2) is 7.53. The first kappa shape index (κ1) is 18.5. The quantitative estimate of drug-likeness (QED) is 0.807. The Kier molecular flexibility index (Phi) is 5.36. The topological polar surface area (TPSA) is 88.1 Å². The minimum absolute atomic E-state index is 0.0416. The number of carboxylic acids is 1. The molecule has 1 fully saturated rings. The summed E-state index contributed by atoms with van der Waals surface area (Å²) < 4.78 is 10.8. The molecule has 1 aromatic carbocycles. The lowest BCUT2D eigenvalue weighted by atomic mass is 9.79. The van der Waals surface area contributed by atoms with Crippen molar-refractivity contribution in [3.8, 4) is 11.5 Å². The van der Waals surface area contributed by atoms with E-state index < -0.39 is 17.6 Å². The molecule has 142 valence electrons. The maximum atomic E-state index is 13.1. The molecule has 0 radical (unpaired) electrons. The van der Waals surface area contributed by atoms with Crippen LogP contribution in [0.25, 0.3) is 0 Å². The molecule has 0 unspecified atom stereocenters.